The van der Waals surface area contributed by atoms with Crippen LogP contribution in [0.4, 0.5) is 0 Å². The Kier molecular flexibility index (Phi) is 6.39. The highest BCUT2D eigenvalue weighted by atomic mass is 32.2. The largest absolute Gasteiger partial charge is 0.334 e. The molecule has 0 bridgehead atoms. The van der Waals surface area contributed by atoms with Crippen LogP contribution in [0.2, 0.25) is 0 Å². The fourth-order valence-corrected chi connectivity index (χ4v) is 5.13. The van der Waals surface area contributed by atoms with Crippen LogP contribution in [0.3, 0.4) is 0 Å². The zero-order valence-corrected chi connectivity index (χ0v) is 20.8. The minimum absolute atomic E-state index is 0.216. The number of hydrogen-bond donors (Lipinski definition) is 0. The van der Waals surface area contributed by atoms with Gasteiger partial charge in [-0.15, -0.1) is 11.3 Å². The summed E-state index contributed by atoms with van der Waals surface area (Å²) in [6, 6.07) is 6.21. The molecule has 1 atom stereocenters. The number of nitrogens with zero attached hydrogens (tertiary/aromatic N) is 4. The van der Waals surface area contributed by atoms with Crippen molar-refractivity contribution in [2.24, 2.45) is 7.05 Å². The molecule has 8 nitrogen and oxygen atoms in total. The number of hydrogen-bond acceptors (Lipinski definition) is 7. The number of carbonyl (C=O) groups is 1. The molecule has 0 saturated heterocycles. The van der Waals surface area contributed by atoms with Crippen LogP contribution in [-0.4, -0.2) is 47.3 Å². The number of carbonyl (C=O) groups excluding carboxylic acids is 1. The average molecular weight is 475 g/mol. The maximum absolute atomic E-state index is 13.3. The van der Waals surface area contributed by atoms with Crippen molar-refractivity contribution in [2.75, 3.05) is 13.3 Å². The molecule has 0 saturated carbocycles. The first kappa shape index (κ1) is 23.8. The second-order valence-corrected chi connectivity index (χ2v) is 10.9. The average Bonchev–Trinajstić information content (AvgIpc) is 3.11. The van der Waals surface area contributed by atoms with Gasteiger partial charge in [0, 0.05) is 20.4 Å². The standard InChI is InChI=1S/C22H26N4O4S2/c1-12-13(2)24-26(6)21(27)18(12)20-23-14(3)19(31-20)22(28)25(5)15(4)16-8-10-17(11-9-16)32(7,29)30/h8-11,15H,1-7H3. The van der Waals surface area contributed by atoms with E-state index in [0.717, 1.165) is 23.1 Å². The van der Waals surface area contributed by atoms with E-state index in [1.54, 1.807) is 50.2 Å². The lowest BCUT2D eigenvalue weighted by Gasteiger charge is -2.25. The van der Waals surface area contributed by atoms with Crippen molar-refractivity contribution in [2.45, 2.75) is 38.6 Å². The van der Waals surface area contributed by atoms with Gasteiger partial charge in [0.15, 0.2) is 9.84 Å². The fourth-order valence-electron chi connectivity index (χ4n) is 3.36. The van der Waals surface area contributed by atoms with Gasteiger partial charge in [-0.2, -0.15) is 5.10 Å². The summed E-state index contributed by atoms with van der Waals surface area (Å²) in [4.78, 5) is 32.7. The van der Waals surface area contributed by atoms with Crippen molar-refractivity contribution < 1.29 is 13.2 Å². The molecule has 0 aliphatic heterocycles. The third-order valence-corrected chi connectivity index (χ3v) is 7.91. The first-order valence-electron chi connectivity index (χ1n) is 9.92. The van der Waals surface area contributed by atoms with Gasteiger partial charge in [-0.3, -0.25) is 9.59 Å². The Labute approximate surface area is 191 Å². The smallest absolute Gasteiger partial charge is 0.277 e. The molecule has 0 spiro atoms. The summed E-state index contributed by atoms with van der Waals surface area (Å²) in [6.45, 7) is 7.28. The maximum Gasteiger partial charge on any atom is 0.277 e. The van der Waals surface area contributed by atoms with Gasteiger partial charge in [-0.1, -0.05) is 12.1 Å². The molecule has 0 N–H and O–H groups in total. The highest BCUT2D eigenvalue weighted by Gasteiger charge is 2.25. The number of rotatable bonds is 5. The van der Waals surface area contributed by atoms with Crippen LogP contribution >= 0.6 is 11.3 Å². The van der Waals surface area contributed by atoms with E-state index in [1.165, 1.54) is 16.0 Å². The van der Waals surface area contributed by atoms with E-state index in [4.69, 9.17) is 0 Å². The molecular weight excluding hydrogens is 448 g/mol. The Morgan fingerprint density at radius 1 is 1.12 bits per heavy atom. The summed E-state index contributed by atoms with van der Waals surface area (Å²) in [5.41, 5.74) is 3.04. The van der Waals surface area contributed by atoms with Crippen molar-refractivity contribution in [3.05, 3.63) is 62.0 Å². The summed E-state index contributed by atoms with van der Waals surface area (Å²) in [5, 5.41) is 4.69. The van der Waals surface area contributed by atoms with E-state index in [2.05, 4.69) is 10.1 Å². The van der Waals surface area contributed by atoms with Crippen LogP contribution < -0.4 is 5.56 Å². The third-order valence-electron chi connectivity index (χ3n) is 5.62. The van der Waals surface area contributed by atoms with Crippen molar-refractivity contribution in [3.8, 4) is 10.6 Å². The van der Waals surface area contributed by atoms with Crippen molar-refractivity contribution in [1.82, 2.24) is 19.7 Å². The van der Waals surface area contributed by atoms with Crippen LogP contribution in [0.5, 0.6) is 0 Å². The van der Waals surface area contributed by atoms with E-state index in [1.807, 2.05) is 20.8 Å². The Balaban J connectivity index is 1.94. The first-order valence-corrected chi connectivity index (χ1v) is 12.6. The topological polar surface area (TPSA) is 102 Å². The molecule has 0 aliphatic carbocycles. The van der Waals surface area contributed by atoms with Crippen LogP contribution in [0.15, 0.2) is 34.0 Å². The molecule has 0 aliphatic rings. The second-order valence-electron chi connectivity index (χ2n) is 7.88. The zero-order valence-electron chi connectivity index (χ0n) is 19.1. The Morgan fingerprint density at radius 3 is 2.28 bits per heavy atom. The van der Waals surface area contributed by atoms with Gasteiger partial charge < -0.3 is 4.90 Å². The Bertz CT molecular complexity index is 1360. The molecule has 170 valence electrons. The van der Waals surface area contributed by atoms with Gasteiger partial charge in [0.25, 0.3) is 11.5 Å². The number of amides is 1. The van der Waals surface area contributed by atoms with E-state index in [-0.39, 0.29) is 22.4 Å². The van der Waals surface area contributed by atoms with Crippen LogP contribution in [0.1, 0.15) is 45.2 Å². The van der Waals surface area contributed by atoms with Gasteiger partial charge >= 0.3 is 0 Å². The van der Waals surface area contributed by atoms with Gasteiger partial charge in [0.2, 0.25) is 0 Å². The molecule has 1 unspecified atom stereocenters. The van der Waals surface area contributed by atoms with Gasteiger partial charge in [-0.05, 0) is 51.0 Å². The van der Waals surface area contributed by atoms with Crippen LogP contribution in [-0.2, 0) is 16.9 Å². The van der Waals surface area contributed by atoms with E-state index in [0.29, 0.717) is 21.1 Å². The molecule has 3 aromatic rings. The Hall–Kier alpha value is -2.85. The lowest BCUT2D eigenvalue weighted by atomic mass is 10.1. The van der Waals surface area contributed by atoms with Crippen molar-refractivity contribution in [1.29, 1.82) is 0 Å². The predicted molar refractivity (Wildman–Crippen MR) is 125 cm³/mol. The number of aromatic nitrogens is 3. The van der Waals surface area contributed by atoms with Crippen LogP contribution in [0.25, 0.3) is 10.6 Å². The van der Waals surface area contributed by atoms with Gasteiger partial charge in [-0.25, -0.2) is 18.1 Å². The normalized spacial score (nSPS) is 12.6. The number of sulfone groups is 1. The van der Waals surface area contributed by atoms with E-state index >= 15 is 0 Å². The molecule has 0 radical (unpaired) electrons. The number of aryl methyl sites for hydroxylation is 3. The summed E-state index contributed by atoms with van der Waals surface area (Å²) >= 11 is 1.19. The monoisotopic (exact) mass is 474 g/mol. The molecule has 1 aromatic carbocycles. The summed E-state index contributed by atoms with van der Waals surface area (Å²) < 4.78 is 24.7. The van der Waals surface area contributed by atoms with E-state index < -0.39 is 9.84 Å². The highest BCUT2D eigenvalue weighted by molar-refractivity contribution is 7.90. The minimum Gasteiger partial charge on any atom is -0.334 e. The molecule has 1 amide bonds. The molecule has 2 heterocycles. The summed E-state index contributed by atoms with van der Waals surface area (Å²) in [5.74, 6) is -0.216. The van der Waals surface area contributed by atoms with Crippen molar-refractivity contribution in [3.63, 3.8) is 0 Å². The quantitative estimate of drug-likeness (QED) is 0.563. The Morgan fingerprint density at radius 2 is 1.72 bits per heavy atom. The lowest BCUT2D eigenvalue weighted by molar-refractivity contribution is 0.0746. The molecule has 0 fully saturated rings. The van der Waals surface area contributed by atoms with Crippen molar-refractivity contribution >= 4 is 27.1 Å². The maximum atomic E-state index is 13.3. The van der Waals surface area contributed by atoms with Crippen LogP contribution in [0, 0.1) is 20.8 Å². The van der Waals surface area contributed by atoms with Gasteiger partial charge in [0.1, 0.15) is 9.88 Å². The molecule has 10 heteroatoms. The summed E-state index contributed by atoms with van der Waals surface area (Å²) in [6.07, 6.45) is 1.16. The minimum atomic E-state index is -3.29. The SMILES string of the molecule is Cc1nc(-c2c(C)c(C)nn(C)c2=O)sc1C(=O)N(C)C(C)c1ccc(S(C)(=O)=O)cc1. The highest BCUT2D eigenvalue weighted by Crippen LogP contribution is 2.31. The van der Waals surface area contributed by atoms with Gasteiger partial charge in [0.05, 0.1) is 27.9 Å². The molecule has 32 heavy (non-hydrogen) atoms. The van der Waals surface area contributed by atoms with E-state index in [9.17, 15) is 18.0 Å². The zero-order chi connectivity index (χ0) is 24.0. The third kappa shape index (κ3) is 4.37. The fraction of sp³-hybridized carbons (Fsp3) is 0.364. The molecule has 3 rings (SSSR count). The lowest BCUT2D eigenvalue weighted by Crippen LogP contribution is -2.29. The molecule has 2 aromatic heterocycles. The predicted octanol–water partition coefficient (Wildman–Crippen LogP) is 3.07. The first-order chi connectivity index (χ1) is 14.8. The number of benzene rings is 1. The number of thiazole rings is 1. The second kappa shape index (κ2) is 8.59. The summed E-state index contributed by atoms with van der Waals surface area (Å²) in [7, 11) is -0.00201. The molecular formula is C22H26N4O4S2.